The number of amides is 1. The van der Waals surface area contributed by atoms with Crippen molar-refractivity contribution in [3.63, 3.8) is 0 Å². The Morgan fingerprint density at radius 2 is 2.05 bits per heavy atom. The molecule has 0 fully saturated rings. The molecule has 1 aromatic heterocycles. The number of carbonyl (C=O) groups excluding carboxylic acids is 1. The van der Waals surface area contributed by atoms with Crippen molar-refractivity contribution in [1.29, 1.82) is 0 Å². The molecule has 1 heterocycles. The Bertz CT molecular complexity index is 582. The lowest BCUT2D eigenvalue weighted by Crippen LogP contribution is -2.18. The van der Waals surface area contributed by atoms with Gasteiger partial charge < -0.3 is 10.1 Å². The van der Waals surface area contributed by atoms with Gasteiger partial charge in [0.05, 0.1) is 6.61 Å². The lowest BCUT2D eigenvalue weighted by Gasteiger charge is -2.08. The summed E-state index contributed by atoms with van der Waals surface area (Å²) in [4.78, 5) is 11.9. The second-order valence-electron chi connectivity index (χ2n) is 3.85. The first-order valence-electron chi connectivity index (χ1n) is 5.97. The maximum Gasteiger partial charge on any atom is 0.333 e. The number of nitrogens with one attached hydrogen (secondary N) is 1. The van der Waals surface area contributed by atoms with Crippen molar-refractivity contribution in [1.82, 2.24) is 9.78 Å². The summed E-state index contributed by atoms with van der Waals surface area (Å²) < 4.78 is 30.8. The number of rotatable bonds is 5. The third kappa shape index (κ3) is 3.11. The first kappa shape index (κ1) is 14.0. The van der Waals surface area contributed by atoms with Crippen LogP contribution in [0.5, 0.6) is 5.75 Å². The van der Waals surface area contributed by atoms with Gasteiger partial charge in [-0.05, 0) is 37.3 Å². The Kier molecular flexibility index (Phi) is 4.29. The Hall–Kier alpha value is -2.44. The summed E-state index contributed by atoms with van der Waals surface area (Å²) in [5.74, 6) is 0.0232. The highest BCUT2D eigenvalue weighted by atomic mass is 19.3. The van der Waals surface area contributed by atoms with Crippen molar-refractivity contribution in [3.8, 4) is 5.75 Å². The first-order chi connectivity index (χ1) is 9.61. The molecule has 0 aliphatic rings. The minimum Gasteiger partial charge on any atom is -0.494 e. The fourth-order valence-electron chi connectivity index (χ4n) is 1.65. The number of aromatic nitrogens is 2. The molecule has 2 aromatic rings. The highest BCUT2D eigenvalue weighted by molar-refractivity contribution is 6.03. The van der Waals surface area contributed by atoms with Gasteiger partial charge in [0.2, 0.25) is 0 Å². The minimum atomic E-state index is -2.86. The van der Waals surface area contributed by atoms with E-state index in [0.29, 0.717) is 22.7 Å². The summed E-state index contributed by atoms with van der Waals surface area (Å²) in [6.07, 6.45) is 1.15. The quantitative estimate of drug-likeness (QED) is 0.916. The number of hydrogen-bond acceptors (Lipinski definition) is 3. The molecule has 0 aliphatic heterocycles. The molecule has 1 N–H and O–H groups in total. The number of anilines is 1. The Morgan fingerprint density at radius 3 is 2.65 bits per heavy atom. The van der Waals surface area contributed by atoms with Crippen LogP contribution in [0.3, 0.4) is 0 Å². The lowest BCUT2D eigenvalue weighted by atomic mass is 10.3. The number of carbonyl (C=O) groups is 1. The van der Waals surface area contributed by atoms with Crippen LogP contribution >= 0.6 is 0 Å². The predicted octanol–water partition coefficient (Wildman–Crippen LogP) is 2.93. The van der Waals surface area contributed by atoms with Gasteiger partial charge in [-0.2, -0.15) is 18.6 Å². The van der Waals surface area contributed by atoms with Crippen LogP contribution < -0.4 is 10.1 Å². The predicted molar refractivity (Wildman–Crippen MR) is 69.0 cm³/mol. The van der Waals surface area contributed by atoms with Crippen molar-refractivity contribution >= 4 is 11.6 Å². The Balaban J connectivity index is 2.09. The fourth-order valence-corrected chi connectivity index (χ4v) is 1.65. The first-order valence-corrected chi connectivity index (χ1v) is 5.97. The van der Waals surface area contributed by atoms with Crippen molar-refractivity contribution < 1.29 is 18.3 Å². The number of nitrogens with zero attached hydrogens (tertiary/aromatic N) is 2. The third-order valence-corrected chi connectivity index (χ3v) is 2.51. The van der Waals surface area contributed by atoms with Gasteiger partial charge in [-0.25, -0.2) is 0 Å². The average molecular weight is 281 g/mol. The molecule has 106 valence electrons. The highest BCUT2D eigenvalue weighted by Gasteiger charge is 2.17. The van der Waals surface area contributed by atoms with Gasteiger partial charge in [0, 0.05) is 11.9 Å². The van der Waals surface area contributed by atoms with Crippen molar-refractivity contribution in [2.75, 3.05) is 11.9 Å². The summed E-state index contributed by atoms with van der Waals surface area (Å²) >= 11 is 0. The standard InChI is InChI=1S/C13H13F2N3O2/c1-2-20-10-5-3-9(4-6-10)17-12(19)11-7-8-16-18(11)13(14)15/h3-8,13H,2H2,1H3,(H,17,19). The summed E-state index contributed by atoms with van der Waals surface area (Å²) in [7, 11) is 0. The number of halogens is 2. The van der Waals surface area contributed by atoms with Crippen LogP contribution in [-0.2, 0) is 0 Å². The van der Waals surface area contributed by atoms with E-state index in [4.69, 9.17) is 4.74 Å². The van der Waals surface area contributed by atoms with Gasteiger partial charge in [-0.15, -0.1) is 0 Å². The van der Waals surface area contributed by atoms with Crippen LogP contribution in [0.15, 0.2) is 36.5 Å². The molecule has 0 spiro atoms. The van der Waals surface area contributed by atoms with Crippen LogP contribution in [0.2, 0.25) is 0 Å². The number of alkyl halides is 2. The zero-order chi connectivity index (χ0) is 14.5. The van der Waals surface area contributed by atoms with Crippen LogP contribution in [0.1, 0.15) is 24.0 Å². The van der Waals surface area contributed by atoms with E-state index in [9.17, 15) is 13.6 Å². The SMILES string of the molecule is CCOc1ccc(NC(=O)c2ccnn2C(F)F)cc1. The zero-order valence-electron chi connectivity index (χ0n) is 10.7. The topological polar surface area (TPSA) is 56.1 Å². The van der Waals surface area contributed by atoms with Crippen LogP contribution in [0, 0.1) is 0 Å². The normalized spacial score (nSPS) is 10.6. The summed E-state index contributed by atoms with van der Waals surface area (Å²) in [5.41, 5.74) is 0.286. The molecule has 0 bridgehead atoms. The maximum absolute atomic E-state index is 12.6. The van der Waals surface area contributed by atoms with Crippen LogP contribution in [0.4, 0.5) is 14.5 Å². The summed E-state index contributed by atoms with van der Waals surface area (Å²) in [6.45, 7) is -0.452. The van der Waals surface area contributed by atoms with E-state index in [0.717, 1.165) is 6.20 Å². The van der Waals surface area contributed by atoms with Gasteiger partial charge >= 0.3 is 6.55 Å². The van der Waals surface area contributed by atoms with Gasteiger partial charge in [-0.1, -0.05) is 0 Å². The van der Waals surface area contributed by atoms with E-state index >= 15 is 0 Å². The van der Waals surface area contributed by atoms with E-state index in [1.807, 2.05) is 6.92 Å². The van der Waals surface area contributed by atoms with Crippen molar-refractivity contribution in [2.45, 2.75) is 13.5 Å². The molecular weight excluding hydrogens is 268 g/mol. The summed E-state index contributed by atoms with van der Waals surface area (Å²) in [6, 6.07) is 7.86. The number of benzene rings is 1. The Morgan fingerprint density at radius 1 is 1.35 bits per heavy atom. The molecule has 0 radical (unpaired) electrons. The monoisotopic (exact) mass is 281 g/mol. The largest absolute Gasteiger partial charge is 0.494 e. The van der Waals surface area contributed by atoms with Gasteiger partial charge in [0.1, 0.15) is 11.4 Å². The fraction of sp³-hybridized carbons (Fsp3) is 0.231. The van der Waals surface area contributed by atoms with Gasteiger partial charge in [0.25, 0.3) is 5.91 Å². The molecule has 1 aromatic carbocycles. The van der Waals surface area contributed by atoms with Crippen molar-refractivity contribution in [2.24, 2.45) is 0 Å². The minimum absolute atomic E-state index is 0.200. The van der Waals surface area contributed by atoms with E-state index in [1.165, 1.54) is 6.07 Å². The maximum atomic E-state index is 12.6. The lowest BCUT2D eigenvalue weighted by molar-refractivity contribution is 0.0520. The van der Waals surface area contributed by atoms with Crippen molar-refractivity contribution in [3.05, 3.63) is 42.2 Å². The molecule has 2 rings (SSSR count). The number of ether oxygens (including phenoxy) is 1. The molecule has 5 nitrogen and oxygen atoms in total. The molecule has 0 saturated heterocycles. The molecule has 0 unspecified atom stereocenters. The smallest absolute Gasteiger partial charge is 0.333 e. The third-order valence-electron chi connectivity index (χ3n) is 2.51. The molecule has 0 aliphatic carbocycles. The zero-order valence-corrected chi connectivity index (χ0v) is 10.7. The van der Waals surface area contributed by atoms with E-state index in [1.54, 1.807) is 24.3 Å². The molecule has 7 heteroatoms. The second-order valence-corrected chi connectivity index (χ2v) is 3.85. The Labute approximate surface area is 114 Å². The molecule has 0 saturated carbocycles. The van der Waals surface area contributed by atoms with E-state index in [2.05, 4.69) is 10.4 Å². The van der Waals surface area contributed by atoms with E-state index < -0.39 is 12.5 Å². The number of hydrogen-bond donors (Lipinski definition) is 1. The van der Waals surface area contributed by atoms with Crippen LogP contribution in [-0.4, -0.2) is 22.3 Å². The van der Waals surface area contributed by atoms with Crippen LogP contribution in [0.25, 0.3) is 0 Å². The molecule has 20 heavy (non-hydrogen) atoms. The molecule has 0 atom stereocenters. The van der Waals surface area contributed by atoms with Gasteiger partial charge in [-0.3, -0.25) is 4.79 Å². The summed E-state index contributed by atoms with van der Waals surface area (Å²) in [5, 5.41) is 5.92. The molecular formula is C13H13F2N3O2. The van der Waals surface area contributed by atoms with E-state index in [-0.39, 0.29) is 5.69 Å². The van der Waals surface area contributed by atoms with Gasteiger partial charge in [0.15, 0.2) is 0 Å². The highest BCUT2D eigenvalue weighted by Crippen LogP contribution is 2.17. The average Bonchev–Trinajstić information content (AvgIpc) is 2.91. The molecule has 1 amide bonds. The second kappa shape index (κ2) is 6.14.